The van der Waals surface area contributed by atoms with E-state index in [2.05, 4.69) is 49.2 Å². The lowest BCUT2D eigenvalue weighted by molar-refractivity contribution is 0.387. The molecule has 0 aliphatic carbocycles. The van der Waals surface area contributed by atoms with E-state index in [0.717, 1.165) is 11.8 Å². The molecule has 0 aromatic heterocycles. The van der Waals surface area contributed by atoms with Gasteiger partial charge < -0.3 is 4.90 Å². The summed E-state index contributed by atoms with van der Waals surface area (Å²) in [4.78, 5) is 2.46. The van der Waals surface area contributed by atoms with E-state index in [4.69, 9.17) is 0 Å². The summed E-state index contributed by atoms with van der Waals surface area (Å²) >= 11 is 0. The fourth-order valence-corrected chi connectivity index (χ4v) is 2.67. The van der Waals surface area contributed by atoms with Gasteiger partial charge in [0.05, 0.1) is 0 Å². The van der Waals surface area contributed by atoms with Crippen LogP contribution in [-0.4, -0.2) is 25.0 Å². The van der Waals surface area contributed by atoms with Crippen molar-refractivity contribution in [3.8, 4) is 0 Å². The normalized spacial score (nSPS) is 24.2. The zero-order valence-corrected chi connectivity index (χ0v) is 11.8. The van der Waals surface area contributed by atoms with Crippen molar-refractivity contribution in [3.05, 3.63) is 35.9 Å². The highest BCUT2D eigenvalue weighted by Crippen LogP contribution is 2.25. The Bertz CT molecular complexity index is 294. The summed E-state index contributed by atoms with van der Waals surface area (Å²) in [6.07, 6.45) is 2.58. The number of likely N-dealkylation sites (tertiary alicyclic amines) is 1. The van der Waals surface area contributed by atoms with Crippen LogP contribution in [0.1, 0.15) is 32.8 Å². The predicted octanol–water partition coefficient (Wildman–Crippen LogP) is 3.84. The molecule has 1 aliphatic rings. The molecular formula is C16H27N. The number of aryl methyl sites for hydroxylation is 1. The minimum Gasteiger partial charge on any atom is -0.306 e. The van der Waals surface area contributed by atoms with Crippen molar-refractivity contribution < 1.29 is 0 Å². The van der Waals surface area contributed by atoms with Gasteiger partial charge in [0.2, 0.25) is 0 Å². The standard InChI is InChI=1S/C14H21N.C2H6/c1-12-10-15(2)11-14(12)9-8-13-6-4-3-5-7-13;1-2/h3-7,12,14H,8-11H2,1-2H3;1-2H3. The number of hydrogen-bond donors (Lipinski definition) is 0. The number of hydrogen-bond acceptors (Lipinski definition) is 1. The molecule has 0 bridgehead atoms. The van der Waals surface area contributed by atoms with Crippen LogP contribution < -0.4 is 0 Å². The molecule has 1 nitrogen and oxygen atoms in total. The highest BCUT2D eigenvalue weighted by molar-refractivity contribution is 5.14. The van der Waals surface area contributed by atoms with Crippen molar-refractivity contribution in [1.82, 2.24) is 4.90 Å². The maximum absolute atomic E-state index is 2.46. The van der Waals surface area contributed by atoms with Gasteiger partial charge >= 0.3 is 0 Å². The lowest BCUT2D eigenvalue weighted by Gasteiger charge is -2.13. The molecule has 0 saturated carbocycles. The minimum absolute atomic E-state index is 0.874. The van der Waals surface area contributed by atoms with Crippen LogP contribution in [0, 0.1) is 11.8 Å². The molecule has 96 valence electrons. The minimum atomic E-state index is 0.874. The monoisotopic (exact) mass is 233 g/mol. The average Bonchev–Trinajstić information content (AvgIpc) is 2.69. The highest BCUT2D eigenvalue weighted by atomic mass is 15.1. The van der Waals surface area contributed by atoms with Gasteiger partial charge in [0, 0.05) is 13.1 Å². The van der Waals surface area contributed by atoms with Crippen LogP contribution in [0.15, 0.2) is 30.3 Å². The van der Waals surface area contributed by atoms with Gasteiger partial charge in [-0.2, -0.15) is 0 Å². The van der Waals surface area contributed by atoms with Gasteiger partial charge in [-0.05, 0) is 37.3 Å². The Hall–Kier alpha value is -0.820. The van der Waals surface area contributed by atoms with Crippen LogP contribution in [0.5, 0.6) is 0 Å². The van der Waals surface area contributed by atoms with Gasteiger partial charge in [-0.25, -0.2) is 0 Å². The molecule has 0 N–H and O–H groups in total. The summed E-state index contributed by atoms with van der Waals surface area (Å²) in [5.41, 5.74) is 1.49. The van der Waals surface area contributed by atoms with Gasteiger partial charge in [0.1, 0.15) is 0 Å². The fourth-order valence-electron chi connectivity index (χ4n) is 2.67. The predicted molar refractivity (Wildman–Crippen MR) is 76.3 cm³/mol. The number of nitrogens with zero attached hydrogens (tertiary/aromatic N) is 1. The maximum atomic E-state index is 2.46. The lowest BCUT2D eigenvalue weighted by atomic mass is 9.91. The maximum Gasteiger partial charge on any atom is 0.000986 e. The molecule has 1 aromatic rings. The fraction of sp³-hybridized carbons (Fsp3) is 0.625. The van der Waals surface area contributed by atoms with E-state index in [1.807, 2.05) is 13.8 Å². The van der Waals surface area contributed by atoms with E-state index in [0.29, 0.717) is 0 Å². The van der Waals surface area contributed by atoms with E-state index in [9.17, 15) is 0 Å². The summed E-state index contributed by atoms with van der Waals surface area (Å²) in [6, 6.07) is 10.8. The van der Waals surface area contributed by atoms with Crippen LogP contribution in [0.3, 0.4) is 0 Å². The van der Waals surface area contributed by atoms with Crippen molar-refractivity contribution >= 4 is 0 Å². The molecule has 1 aromatic carbocycles. The van der Waals surface area contributed by atoms with E-state index in [-0.39, 0.29) is 0 Å². The van der Waals surface area contributed by atoms with Gasteiger partial charge in [0.25, 0.3) is 0 Å². The Morgan fingerprint density at radius 3 is 2.29 bits per heavy atom. The second-order valence-electron chi connectivity index (χ2n) is 4.98. The average molecular weight is 233 g/mol. The molecule has 0 amide bonds. The Labute approximate surface area is 107 Å². The molecule has 2 atom stereocenters. The molecule has 2 rings (SSSR count). The molecule has 2 unspecified atom stereocenters. The Morgan fingerprint density at radius 1 is 1.12 bits per heavy atom. The zero-order valence-electron chi connectivity index (χ0n) is 11.8. The van der Waals surface area contributed by atoms with Crippen LogP contribution in [0.2, 0.25) is 0 Å². The molecule has 0 spiro atoms. The van der Waals surface area contributed by atoms with Crippen LogP contribution in [0.25, 0.3) is 0 Å². The summed E-state index contributed by atoms with van der Waals surface area (Å²) in [6.45, 7) is 8.95. The molecule has 1 heteroatoms. The first-order valence-corrected chi connectivity index (χ1v) is 6.98. The molecule has 1 fully saturated rings. The smallest absolute Gasteiger partial charge is 0.000986 e. The van der Waals surface area contributed by atoms with Gasteiger partial charge in [-0.3, -0.25) is 0 Å². The molecule has 1 aliphatic heterocycles. The second kappa shape index (κ2) is 7.50. The first-order chi connectivity index (χ1) is 8.25. The molecule has 1 heterocycles. The van der Waals surface area contributed by atoms with Crippen molar-refractivity contribution in [2.75, 3.05) is 20.1 Å². The molecule has 1 saturated heterocycles. The first-order valence-electron chi connectivity index (χ1n) is 6.98. The van der Waals surface area contributed by atoms with E-state index < -0.39 is 0 Å². The Morgan fingerprint density at radius 2 is 1.76 bits per heavy atom. The van der Waals surface area contributed by atoms with Crippen molar-refractivity contribution in [1.29, 1.82) is 0 Å². The number of benzene rings is 1. The van der Waals surface area contributed by atoms with E-state index in [1.54, 1.807) is 0 Å². The lowest BCUT2D eigenvalue weighted by Crippen LogP contribution is -2.14. The van der Waals surface area contributed by atoms with Crippen molar-refractivity contribution in [3.63, 3.8) is 0 Å². The molecule has 17 heavy (non-hydrogen) atoms. The van der Waals surface area contributed by atoms with Crippen LogP contribution >= 0.6 is 0 Å². The van der Waals surface area contributed by atoms with Crippen LogP contribution in [-0.2, 0) is 6.42 Å². The first kappa shape index (κ1) is 14.2. The largest absolute Gasteiger partial charge is 0.306 e. The molecular weight excluding hydrogens is 206 g/mol. The SMILES string of the molecule is CC.CC1CN(C)CC1CCc1ccccc1. The Kier molecular flexibility index (Phi) is 6.28. The summed E-state index contributed by atoms with van der Waals surface area (Å²) in [7, 11) is 2.24. The summed E-state index contributed by atoms with van der Waals surface area (Å²) in [5.74, 6) is 1.77. The quantitative estimate of drug-likeness (QED) is 0.766. The summed E-state index contributed by atoms with van der Waals surface area (Å²) < 4.78 is 0. The molecule has 0 radical (unpaired) electrons. The van der Waals surface area contributed by atoms with Gasteiger partial charge in [-0.1, -0.05) is 51.1 Å². The summed E-state index contributed by atoms with van der Waals surface area (Å²) in [5, 5.41) is 0. The third kappa shape index (κ3) is 4.51. The third-order valence-corrected chi connectivity index (χ3v) is 3.60. The highest BCUT2D eigenvalue weighted by Gasteiger charge is 2.26. The number of rotatable bonds is 3. The van der Waals surface area contributed by atoms with Gasteiger partial charge in [0.15, 0.2) is 0 Å². The van der Waals surface area contributed by atoms with Crippen LogP contribution in [0.4, 0.5) is 0 Å². The van der Waals surface area contributed by atoms with Crippen molar-refractivity contribution in [2.45, 2.75) is 33.6 Å². The van der Waals surface area contributed by atoms with Gasteiger partial charge in [-0.15, -0.1) is 0 Å². The van der Waals surface area contributed by atoms with Crippen molar-refractivity contribution in [2.24, 2.45) is 11.8 Å². The van der Waals surface area contributed by atoms with E-state index in [1.165, 1.54) is 31.5 Å². The second-order valence-corrected chi connectivity index (χ2v) is 4.98. The van der Waals surface area contributed by atoms with E-state index >= 15 is 0 Å². The Balaban J connectivity index is 0.000000686. The topological polar surface area (TPSA) is 3.24 Å². The third-order valence-electron chi connectivity index (χ3n) is 3.60. The zero-order chi connectivity index (χ0) is 12.7.